The zero-order chi connectivity index (χ0) is 33.8. The van der Waals surface area contributed by atoms with Crippen LogP contribution >= 0.6 is 11.3 Å². The van der Waals surface area contributed by atoms with Crippen molar-refractivity contribution in [1.29, 1.82) is 0 Å². The van der Waals surface area contributed by atoms with Crippen LogP contribution in [0.15, 0.2) is 75.1 Å². The number of nitro groups is 1. The number of nitrogens with zero attached hydrogens (tertiary/aromatic N) is 7. The number of carboxylic acids is 1. The van der Waals surface area contributed by atoms with Gasteiger partial charge in [0.15, 0.2) is 0 Å². The molecule has 15 nitrogen and oxygen atoms in total. The Bertz CT molecular complexity index is 1780. The third-order valence-electron chi connectivity index (χ3n) is 6.38. The topological polar surface area (TPSA) is 191 Å². The highest BCUT2D eigenvalue weighted by Gasteiger charge is 2.14. The quantitative estimate of drug-likeness (QED) is 0.0544. The lowest BCUT2D eigenvalue weighted by Crippen LogP contribution is -2.29. The van der Waals surface area contributed by atoms with E-state index in [0.717, 1.165) is 17.0 Å². The van der Waals surface area contributed by atoms with E-state index in [2.05, 4.69) is 25.4 Å². The standard InChI is InChI=1S/C30H31N7O8S/c1-4-13-36(14-15-45-29(40)12-11-28(38)39)20-7-5-19(6-8-20)32-33-23-17-26(44-3)24(18-25(23)43-2)34-35-30-31-22-10-9-21(37(41)42)16-27(22)46-30/h5-10,16-18H,4,11-15H2,1-3H3,(H,38,39)/i1D. The van der Waals surface area contributed by atoms with Crippen LogP contribution in [-0.2, 0) is 14.3 Å². The van der Waals surface area contributed by atoms with E-state index in [1.807, 2.05) is 17.0 Å². The maximum Gasteiger partial charge on any atom is 0.306 e. The molecule has 3 aromatic carbocycles. The number of thiazole rings is 1. The van der Waals surface area contributed by atoms with Crippen molar-refractivity contribution in [3.63, 3.8) is 0 Å². The number of methoxy groups -OCH3 is 2. The molecule has 46 heavy (non-hydrogen) atoms. The SMILES string of the molecule is [2H]CCCN(CCOC(=O)CCC(=O)O)c1ccc(N=Nc2cc(OC)c(N=Nc3nc4ccc([N+](=O)[O-])cc4s3)cc2OC)cc1. The van der Waals surface area contributed by atoms with Gasteiger partial charge in [0.25, 0.3) is 5.69 Å². The zero-order valence-electron chi connectivity index (χ0n) is 26.0. The van der Waals surface area contributed by atoms with Crippen molar-refractivity contribution in [3.05, 3.63) is 64.7 Å². The Morgan fingerprint density at radius 2 is 1.67 bits per heavy atom. The summed E-state index contributed by atoms with van der Waals surface area (Å²) in [6.45, 7) is 1.27. The number of anilines is 1. The number of carboxylic acid groups (broad SMARTS) is 1. The zero-order valence-corrected chi connectivity index (χ0v) is 25.8. The highest BCUT2D eigenvalue weighted by atomic mass is 32.1. The van der Waals surface area contributed by atoms with E-state index in [1.54, 1.807) is 30.3 Å². The number of hydrogen-bond acceptors (Lipinski definition) is 14. The summed E-state index contributed by atoms with van der Waals surface area (Å²) in [5.74, 6) is -0.924. The Labute approximate surface area is 268 Å². The minimum atomic E-state index is -1.06. The molecule has 240 valence electrons. The third-order valence-corrected chi connectivity index (χ3v) is 7.28. The molecule has 0 aliphatic rings. The van der Waals surface area contributed by atoms with E-state index in [0.29, 0.717) is 63.4 Å². The number of non-ortho nitro benzene ring substituents is 1. The number of esters is 1. The largest absolute Gasteiger partial charge is 0.494 e. The van der Waals surface area contributed by atoms with Gasteiger partial charge in [-0.1, -0.05) is 18.2 Å². The van der Waals surface area contributed by atoms with Gasteiger partial charge in [-0.25, -0.2) is 4.98 Å². The third kappa shape index (κ3) is 9.01. The van der Waals surface area contributed by atoms with Gasteiger partial charge in [0.1, 0.15) is 29.5 Å². The lowest BCUT2D eigenvalue weighted by Gasteiger charge is -2.24. The van der Waals surface area contributed by atoms with E-state index >= 15 is 0 Å². The molecule has 0 spiro atoms. The van der Waals surface area contributed by atoms with Gasteiger partial charge in [-0.2, -0.15) is 5.11 Å². The summed E-state index contributed by atoms with van der Waals surface area (Å²) in [7, 11) is 2.95. The first kappa shape index (κ1) is 31.9. The van der Waals surface area contributed by atoms with Crippen LogP contribution in [0.3, 0.4) is 0 Å². The fourth-order valence-electron chi connectivity index (χ4n) is 4.13. The average Bonchev–Trinajstić information content (AvgIpc) is 3.49. The van der Waals surface area contributed by atoms with Crippen LogP contribution in [0.4, 0.5) is 33.6 Å². The van der Waals surface area contributed by atoms with Gasteiger partial charge < -0.3 is 24.2 Å². The van der Waals surface area contributed by atoms with E-state index in [-0.39, 0.29) is 32.0 Å². The highest BCUT2D eigenvalue weighted by molar-refractivity contribution is 7.21. The molecule has 16 heteroatoms. The predicted molar refractivity (Wildman–Crippen MR) is 171 cm³/mol. The van der Waals surface area contributed by atoms with E-state index in [9.17, 15) is 19.7 Å². The first-order valence-corrected chi connectivity index (χ1v) is 14.7. The van der Waals surface area contributed by atoms with Crippen molar-refractivity contribution >= 4 is 67.1 Å². The summed E-state index contributed by atoms with van der Waals surface area (Å²) in [4.78, 5) is 39.3. The molecule has 0 fully saturated rings. The molecule has 0 saturated carbocycles. The van der Waals surface area contributed by atoms with Crippen LogP contribution in [0.1, 0.15) is 27.5 Å². The summed E-state index contributed by atoms with van der Waals surface area (Å²) in [6, 6.07) is 14.8. The van der Waals surface area contributed by atoms with Gasteiger partial charge in [0.2, 0.25) is 5.13 Å². The summed E-state index contributed by atoms with van der Waals surface area (Å²) < 4.78 is 24.3. The summed E-state index contributed by atoms with van der Waals surface area (Å²) in [6.07, 6.45) is 0.135. The number of nitro benzene ring substituents is 1. The maximum atomic E-state index is 11.8. The molecule has 0 amide bonds. The molecule has 0 saturated heterocycles. The van der Waals surface area contributed by atoms with Crippen molar-refractivity contribution in [2.24, 2.45) is 20.5 Å². The van der Waals surface area contributed by atoms with Crippen molar-refractivity contribution in [1.82, 2.24) is 4.98 Å². The number of rotatable bonds is 16. The fraction of sp³-hybridized carbons (Fsp3) is 0.300. The Kier molecular flexibility index (Phi) is 11.1. The minimum Gasteiger partial charge on any atom is -0.494 e. The van der Waals surface area contributed by atoms with Crippen molar-refractivity contribution < 1.29 is 35.2 Å². The summed E-state index contributed by atoms with van der Waals surface area (Å²) in [5, 5.41) is 37.2. The van der Waals surface area contributed by atoms with Crippen LogP contribution in [0, 0.1) is 10.1 Å². The molecule has 0 unspecified atom stereocenters. The van der Waals surface area contributed by atoms with Gasteiger partial charge in [-0.15, -0.1) is 15.3 Å². The number of hydrogen-bond donors (Lipinski definition) is 1. The monoisotopic (exact) mass is 650 g/mol. The van der Waals surface area contributed by atoms with Crippen LogP contribution in [-0.4, -0.2) is 60.9 Å². The fourth-order valence-corrected chi connectivity index (χ4v) is 4.95. The molecule has 0 aliphatic carbocycles. The van der Waals surface area contributed by atoms with Gasteiger partial charge in [0, 0.05) is 37.9 Å². The number of azo groups is 2. The second kappa shape index (κ2) is 16.0. The van der Waals surface area contributed by atoms with Crippen LogP contribution < -0.4 is 14.4 Å². The Morgan fingerprint density at radius 3 is 2.30 bits per heavy atom. The number of aromatic nitrogens is 1. The van der Waals surface area contributed by atoms with E-state index in [4.69, 9.17) is 20.7 Å². The number of benzene rings is 3. The molecule has 1 aromatic heterocycles. The van der Waals surface area contributed by atoms with Gasteiger partial charge in [-0.3, -0.25) is 19.7 Å². The number of carbonyl (C=O) groups is 2. The van der Waals surface area contributed by atoms with Crippen LogP contribution in [0.25, 0.3) is 10.2 Å². The van der Waals surface area contributed by atoms with Gasteiger partial charge >= 0.3 is 11.9 Å². The van der Waals surface area contributed by atoms with Crippen molar-refractivity contribution in [3.8, 4) is 11.5 Å². The molecular weight excluding hydrogens is 618 g/mol. The lowest BCUT2D eigenvalue weighted by atomic mass is 10.2. The summed E-state index contributed by atoms with van der Waals surface area (Å²) >= 11 is 1.16. The molecule has 1 heterocycles. The average molecular weight is 651 g/mol. The normalized spacial score (nSPS) is 11.6. The predicted octanol–water partition coefficient (Wildman–Crippen LogP) is 7.68. The van der Waals surface area contributed by atoms with Crippen molar-refractivity contribution in [2.75, 3.05) is 38.8 Å². The molecule has 0 atom stereocenters. The molecule has 0 bridgehead atoms. The minimum absolute atomic E-state index is 0.0360. The highest BCUT2D eigenvalue weighted by Crippen LogP contribution is 2.41. The molecule has 0 radical (unpaired) electrons. The number of ether oxygens (including phenoxy) is 3. The second-order valence-electron chi connectivity index (χ2n) is 9.47. The molecule has 4 aromatic rings. The van der Waals surface area contributed by atoms with Crippen LogP contribution in [0.5, 0.6) is 11.5 Å². The van der Waals surface area contributed by atoms with E-state index < -0.39 is 16.9 Å². The maximum absolute atomic E-state index is 11.8. The number of carbonyl (C=O) groups excluding carboxylic acids is 1. The summed E-state index contributed by atoms with van der Waals surface area (Å²) in [5.41, 5.74) is 2.64. The Hall–Kier alpha value is -5.51. The van der Waals surface area contributed by atoms with Gasteiger partial charge in [0.05, 0.1) is 54.4 Å². The van der Waals surface area contributed by atoms with Crippen LogP contribution in [0.2, 0.25) is 0 Å². The molecule has 1 N–H and O–H groups in total. The Morgan fingerprint density at radius 1 is 0.978 bits per heavy atom. The lowest BCUT2D eigenvalue weighted by molar-refractivity contribution is -0.384. The first-order valence-electron chi connectivity index (χ1n) is 14.6. The number of fused-ring (bicyclic) bond motifs is 1. The molecule has 4 rings (SSSR count). The Balaban J connectivity index is 1.46. The first-order chi connectivity index (χ1) is 22.7. The van der Waals surface area contributed by atoms with Crippen molar-refractivity contribution in [2.45, 2.75) is 26.2 Å². The van der Waals surface area contributed by atoms with E-state index in [1.165, 1.54) is 26.4 Å². The smallest absolute Gasteiger partial charge is 0.306 e. The second-order valence-corrected chi connectivity index (χ2v) is 10.5. The van der Waals surface area contributed by atoms with Gasteiger partial charge in [-0.05, 0) is 36.8 Å². The molecule has 0 aliphatic heterocycles. The number of aliphatic carboxylic acids is 1. The molecular formula is C30H31N7O8S.